The van der Waals surface area contributed by atoms with E-state index < -0.39 is 26.9 Å². The van der Waals surface area contributed by atoms with E-state index in [2.05, 4.69) is 14.2 Å². The van der Waals surface area contributed by atoms with Crippen molar-refractivity contribution in [3.8, 4) is 0 Å². The van der Waals surface area contributed by atoms with Crippen molar-refractivity contribution in [2.75, 3.05) is 18.9 Å². The zero-order valence-corrected chi connectivity index (χ0v) is 15.8. The Labute approximate surface area is 155 Å². The van der Waals surface area contributed by atoms with E-state index in [1.54, 1.807) is 19.1 Å². The third-order valence-corrected chi connectivity index (χ3v) is 5.18. The number of sulfonamides is 1. The van der Waals surface area contributed by atoms with Crippen LogP contribution >= 0.6 is 11.6 Å². The molecule has 0 saturated heterocycles. The number of nitrogens with one attached hydrogen (secondary N) is 1. The summed E-state index contributed by atoms with van der Waals surface area (Å²) in [6.07, 6.45) is 0. The summed E-state index contributed by atoms with van der Waals surface area (Å²) in [6, 6.07) is 8.23. The lowest BCUT2D eigenvalue weighted by Gasteiger charge is -2.14. The first kappa shape index (κ1) is 19.7. The summed E-state index contributed by atoms with van der Waals surface area (Å²) in [7, 11) is -1.93. The molecule has 0 bridgehead atoms. The van der Waals surface area contributed by atoms with Gasteiger partial charge in [0.15, 0.2) is 0 Å². The lowest BCUT2D eigenvalue weighted by molar-refractivity contribution is 0.0583. The van der Waals surface area contributed by atoms with Crippen LogP contribution in [-0.2, 0) is 19.5 Å². The van der Waals surface area contributed by atoms with Gasteiger partial charge >= 0.3 is 11.9 Å². The molecule has 2 aromatic rings. The van der Waals surface area contributed by atoms with E-state index in [1.165, 1.54) is 18.2 Å². The van der Waals surface area contributed by atoms with Gasteiger partial charge < -0.3 is 9.47 Å². The van der Waals surface area contributed by atoms with Crippen LogP contribution in [0.4, 0.5) is 5.69 Å². The first-order chi connectivity index (χ1) is 12.2. The first-order valence-electron chi connectivity index (χ1n) is 7.29. The molecule has 0 heterocycles. The molecule has 0 atom stereocenters. The van der Waals surface area contributed by atoms with Crippen molar-refractivity contribution in [1.82, 2.24) is 0 Å². The summed E-state index contributed by atoms with van der Waals surface area (Å²) in [5.74, 6) is -1.60. The van der Waals surface area contributed by atoms with Crippen molar-refractivity contribution in [3.63, 3.8) is 0 Å². The van der Waals surface area contributed by atoms with Gasteiger partial charge in [-0.05, 0) is 42.8 Å². The number of benzene rings is 2. The zero-order chi connectivity index (χ0) is 19.5. The fourth-order valence-corrected chi connectivity index (χ4v) is 3.69. The number of methoxy groups -OCH3 is 2. The smallest absolute Gasteiger partial charge is 0.339 e. The molecular formula is C17H16ClNO6S. The van der Waals surface area contributed by atoms with Crippen molar-refractivity contribution < 1.29 is 27.5 Å². The van der Waals surface area contributed by atoms with Crippen LogP contribution in [0.25, 0.3) is 0 Å². The predicted molar refractivity (Wildman–Crippen MR) is 96.1 cm³/mol. The number of hydrogen-bond acceptors (Lipinski definition) is 6. The number of carbonyl (C=O) groups excluding carboxylic acids is 2. The summed E-state index contributed by atoms with van der Waals surface area (Å²) in [5.41, 5.74) is 0.634. The van der Waals surface area contributed by atoms with Crippen LogP contribution < -0.4 is 4.72 Å². The minimum Gasteiger partial charge on any atom is -0.465 e. The molecule has 2 rings (SSSR count). The van der Waals surface area contributed by atoms with Gasteiger partial charge in [-0.15, -0.1) is 0 Å². The Morgan fingerprint density at radius 1 is 1.00 bits per heavy atom. The lowest BCUT2D eigenvalue weighted by atomic mass is 10.1. The van der Waals surface area contributed by atoms with Gasteiger partial charge in [0.05, 0.1) is 31.0 Å². The summed E-state index contributed by atoms with van der Waals surface area (Å²) in [5, 5.41) is 0.338. The molecule has 9 heteroatoms. The van der Waals surface area contributed by atoms with E-state index in [0.717, 1.165) is 20.3 Å². The summed E-state index contributed by atoms with van der Waals surface area (Å²) in [4.78, 5) is 23.3. The van der Waals surface area contributed by atoms with E-state index in [4.69, 9.17) is 11.6 Å². The van der Waals surface area contributed by atoms with Gasteiger partial charge in [-0.25, -0.2) is 18.0 Å². The Kier molecular flexibility index (Phi) is 5.89. The highest BCUT2D eigenvalue weighted by Crippen LogP contribution is 2.26. The number of hydrogen-bond donors (Lipinski definition) is 1. The first-order valence-corrected chi connectivity index (χ1v) is 9.15. The molecule has 7 nitrogen and oxygen atoms in total. The van der Waals surface area contributed by atoms with Crippen LogP contribution in [0.5, 0.6) is 0 Å². The molecule has 26 heavy (non-hydrogen) atoms. The van der Waals surface area contributed by atoms with Crippen molar-refractivity contribution in [1.29, 1.82) is 0 Å². The molecular weight excluding hydrogens is 382 g/mol. The van der Waals surface area contributed by atoms with Gasteiger partial charge in [-0.3, -0.25) is 4.72 Å². The third-order valence-electron chi connectivity index (χ3n) is 3.54. The van der Waals surface area contributed by atoms with Gasteiger partial charge in [0.1, 0.15) is 4.90 Å². The number of ether oxygens (including phenoxy) is 2. The van der Waals surface area contributed by atoms with Crippen LogP contribution in [0.1, 0.15) is 26.3 Å². The Hall–Kier alpha value is -2.58. The number of anilines is 1. The van der Waals surface area contributed by atoms with Crippen molar-refractivity contribution in [2.24, 2.45) is 0 Å². The van der Waals surface area contributed by atoms with E-state index in [1.807, 2.05) is 0 Å². The van der Waals surface area contributed by atoms with Crippen LogP contribution in [0.3, 0.4) is 0 Å². The van der Waals surface area contributed by atoms with E-state index in [9.17, 15) is 18.0 Å². The molecule has 0 amide bonds. The molecule has 0 aliphatic heterocycles. The highest BCUT2D eigenvalue weighted by Gasteiger charge is 2.25. The average molecular weight is 398 g/mol. The summed E-state index contributed by atoms with van der Waals surface area (Å²) >= 11 is 5.91. The van der Waals surface area contributed by atoms with Gasteiger partial charge in [-0.2, -0.15) is 0 Å². The summed E-state index contributed by atoms with van der Waals surface area (Å²) < 4.78 is 37.3. The molecule has 1 N–H and O–H groups in total. The zero-order valence-electron chi connectivity index (χ0n) is 14.2. The fraction of sp³-hybridized carbons (Fsp3) is 0.176. The number of aryl methyl sites for hydroxylation is 1. The Morgan fingerprint density at radius 2 is 1.65 bits per heavy atom. The molecule has 0 aromatic heterocycles. The van der Waals surface area contributed by atoms with E-state index >= 15 is 0 Å². The maximum absolute atomic E-state index is 12.9. The molecule has 0 aliphatic carbocycles. The highest BCUT2D eigenvalue weighted by molar-refractivity contribution is 7.92. The monoisotopic (exact) mass is 397 g/mol. The largest absolute Gasteiger partial charge is 0.465 e. The molecule has 0 fully saturated rings. The van der Waals surface area contributed by atoms with Crippen LogP contribution in [-0.4, -0.2) is 34.6 Å². The normalized spacial score (nSPS) is 10.9. The second kappa shape index (κ2) is 7.76. The topological polar surface area (TPSA) is 98.8 Å². The van der Waals surface area contributed by atoms with Gasteiger partial charge in [0.25, 0.3) is 10.0 Å². The minimum absolute atomic E-state index is 0.0247. The molecule has 2 aromatic carbocycles. The molecule has 0 unspecified atom stereocenters. The minimum atomic E-state index is -4.22. The van der Waals surface area contributed by atoms with Crippen LogP contribution in [0, 0.1) is 6.92 Å². The van der Waals surface area contributed by atoms with E-state index in [0.29, 0.717) is 10.6 Å². The van der Waals surface area contributed by atoms with Crippen molar-refractivity contribution in [3.05, 3.63) is 58.1 Å². The second-order valence-corrected chi connectivity index (χ2v) is 7.35. The van der Waals surface area contributed by atoms with Crippen LogP contribution in [0.2, 0.25) is 5.02 Å². The lowest BCUT2D eigenvalue weighted by Crippen LogP contribution is -2.19. The van der Waals surface area contributed by atoms with Gasteiger partial charge in [0.2, 0.25) is 0 Å². The SMILES string of the molecule is COC(=O)c1ccc(C(=O)OC)c(S(=O)(=O)Nc2cc(Cl)ccc2C)c1. The molecule has 0 spiro atoms. The molecule has 0 radical (unpaired) electrons. The van der Waals surface area contributed by atoms with Crippen molar-refractivity contribution >= 4 is 39.3 Å². The standard InChI is InChI=1S/C17H16ClNO6S/c1-10-4-6-12(18)9-14(10)19-26(22,23)15-8-11(16(20)24-2)5-7-13(15)17(21)25-3/h4-9,19H,1-3H3. The third kappa shape index (κ3) is 4.14. The number of rotatable bonds is 5. The second-order valence-electron chi connectivity index (χ2n) is 5.26. The quantitative estimate of drug-likeness (QED) is 0.778. The van der Waals surface area contributed by atoms with Gasteiger partial charge in [0, 0.05) is 5.02 Å². The number of carbonyl (C=O) groups is 2. The Bertz CT molecular complexity index is 971. The summed E-state index contributed by atoms with van der Waals surface area (Å²) in [6.45, 7) is 1.69. The Balaban J connectivity index is 2.60. The predicted octanol–water partition coefficient (Wildman–Crippen LogP) is 3.02. The molecule has 0 aliphatic rings. The van der Waals surface area contributed by atoms with Crippen molar-refractivity contribution in [2.45, 2.75) is 11.8 Å². The van der Waals surface area contributed by atoms with Crippen LogP contribution in [0.15, 0.2) is 41.3 Å². The van der Waals surface area contributed by atoms with Gasteiger partial charge in [-0.1, -0.05) is 17.7 Å². The van der Waals surface area contributed by atoms with E-state index in [-0.39, 0.29) is 16.8 Å². The Morgan fingerprint density at radius 3 is 2.27 bits per heavy atom. The highest BCUT2D eigenvalue weighted by atomic mass is 35.5. The molecule has 138 valence electrons. The fourth-order valence-electron chi connectivity index (χ4n) is 2.17. The number of halogens is 1. The average Bonchev–Trinajstić information content (AvgIpc) is 2.62. The number of esters is 2. The maximum atomic E-state index is 12.9. The molecule has 0 saturated carbocycles. The maximum Gasteiger partial charge on any atom is 0.339 e.